The molecule has 14 heteroatoms. The van der Waals surface area contributed by atoms with Crippen molar-refractivity contribution in [3.63, 3.8) is 0 Å². The van der Waals surface area contributed by atoms with Gasteiger partial charge in [0.1, 0.15) is 41.0 Å². The van der Waals surface area contributed by atoms with E-state index in [-0.39, 0.29) is 53.6 Å². The number of rotatable bonds is 8. The summed E-state index contributed by atoms with van der Waals surface area (Å²) in [7, 11) is 0. The Kier molecular flexibility index (Phi) is 8.78. The van der Waals surface area contributed by atoms with E-state index in [0.29, 0.717) is 55.0 Å². The molecule has 0 atom stereocenters. The number of carbonyl (C=O) groups is 1. The third-order valence-corrected chi connectivity index (χ3v) is 9.25. The monoisotopic (exact) mass is 692 g/mol. The van der Waals surface area contributed by atoms with Crippen molar-refractivity contribution >= 4 is 22.6 Å². The quantitative estimate of drug-likeness (QED) is 0.151. The van der Waals surface area contributed by atoms with E-state index < -0.39 is 29.6 Å². The van der Waals surface area contributed by atoms with Gasteiger partial charge in [0.05, 0.1) is 35.8 Å². The molecule has 1 amide bonds. The van der Waals surface area contributed by atoms with Gasteiger partial charge in [-0.2, -0.15) is 0 Å². The van der Waals surface area contributed by atoms with Crippen molar-refractivity contribution in [1.29, 1.82) is 0 Å². The number of aromatic hydroxyl groups is 1. The zero-order chi connectivity index (χ0) is 35.3. The number of aliphatic hydroxyl groups is 1. The molecule has 5 heterocycles. The number of phenols is 1. The van der Waals surface area contributed by atoms with E-state index in [4.69, 9.17) is 4.74 Å². The lowest BCUT2D eigenvalue weighted by Gasteiger charge is -2.34. The summed E-state index contributed by atoms with van der Waals surface area (Å²) in [5, 5.41) is 22.6. The van der Waals surface area contributed by atoms with Gasteiger partial charge in [0.25, 0.3) is 12.3 Å². The number of benzene rings is 2. The first-order chi connectivity index (χ1) is 23.9. The number of carbonyl (C=O) groups excluding carboxylic acids is 1. The third-order valence-electron chi connectivity index (χ3n) is 9.25. The van der Waals surface area contributed by atoms with Crippen LogP contribution in [0.3, 0.4) is 0 Å². The molecule has 2 aliphatic rings. The van der Waals surface area contributed by atoms with Crippen LogP contribution in [0.5, 0.6) is 11.5 Å². The lowest BCUT2D eigenvalue weighted by Crippen LogP contribution is -2.47. The van der Waals surface area contributed by atoms with Crippen LogP contribution in [0.2, 0.25) is 0 Å². The van der Waals surface area contributed by atoms with Crippen molar-refractivity contribution in [2.45, 2.75) is 32.4 Å². The number of pyridine rings is 1. The summed E-state index contributed by atoms with van der Waals surface area (Å²) in [6.45, 7) is 5.72. The summed E-state index contributed by atoms with van der Waals surface area (Å²) in [6.07, 6.45) is -0.823. The highest BCUT2D eigenvalue weighted by atomic mass is 19.3. The van der Waals surface area contributed by atoms with E-state index in [0.717, 1.165) is 34.5 Å². The highest BCUT2D eigenvalue weighted by molar-refractivity contribution is 6.10. The zero-order valence-electron chi connectivity index (χ0n) is 27.4. The van der Waals surface area contributed by atoms with Crippen molar-refractivity contribution in [1.82, 2.24) is 24.8 Å². The van der Waals surface area contributed by atoms with Gasteiger partial charge < -0.3 is 29.8 Å². The summed E-state index contributed by atoms with van der Waals surface area (Å²) < 4.78 is 61.9. The number of fused-ring (bicyclic) bond motifs is 2. The van der Waals surface area contributed by atoms with E-state index in [1.54, 1.807) is 11.0 Å². The molecule has 1 saturated heterocycles. The van der Waals surface area contributed by atoms with E-state index in [1.165, 1.54) is 26.1 Å². The number of aromatic nitrogens is 3. The fourth-order valence-corrected chi connectivity index (χ4v) is 6.63. The average molecular weight is 693 g/mol. The molecule has 10 nitrogen and oxygen atoms in total. The van der Waals surface area contributed by atoms with Gasteiger partial charge in [0, 0.05) is 61.6 Å². The number of nitrogens with one attached hydrogen (secondary N) is 2. The largest absolute Gasteiger partial charge is 0.505 e. The molecule has 262 valence electrons. The van der Waals surface area contributed by atoms with Crippen LogP contribution in [0.25, 0.3) is 33.5 Å². The van der Waals surface area contributed by atoms with Gasteiger partial charge in [-0.15, -0.1) is 0 Å². The minimum Gasteiger partial charge on any atom is -0.505 e. The minimum absolute atomic E-state index is 0.0543. The number of aromatic amines is 2. The number of phenolic OH excluding ortho intramolecular Hbond substituents is 1. The summed E-state index contributed by atoms with van der Waals surface area (Å²) in [5.41, 5.74) is 1.73. The maximum absolute atomic E-state index is 15.4. The van der Waals surface area contributed by atoms with Crippen molar-refractivity contribution < 1.29 is 37.3 Å². The lowest BCUT2D eigenvalue weighted by molar-refractivity contribution is 0.0540. The molecule has 5 aromatic rings. The van der Waals surface area contributed by atoms with Crippen LogP contribution in [0.4, 0.5) is 23.2 Å². The predicted molar refractivity (Wildman–Crippen MR) is 179 cm³/mol. The standard InChI is InChI=1S/C36H36F4N6O4/c1-36(2,49)20-13-26(38)32-30(14-20)50-12-11-46(35(32)48)29-16-21(37)15-24(33(29)47)23-5-6-41-34-25(23)17-28(43-34)27-4-3-22(42-27)18-44-7-9-45(10-8-44)19-31(39)40/h3-6,13-17,31,42,47,49H,7-12,18-19H2,1-2H3,(H,41,43). The normalized spacial score (nSPS) is 16.2. The number of nitrogens with zero attached hydrogens (tertiary/aromatic N) is 4. The number of halogens is 4. The van der Waals surface area contributed by atoms with E-state index in [2.05, 4.69) is 19.9 Å². The van der Waals surface area contributed by atoms with E-state index >= 15 is 8.78 Å². The van der Waals surface area contributed by atoms with E-state index in [1.807, 2.05) is 18.2 Å². The Hall–Kier alpha value is -4.92. The number of amides is 1. The number of ether oxygens (including phenoxy) is 1. The Morgan fingerprint density at radius 2 is 1.70 bits per heavy atom. The number of piperazine rings is 1. The van der Waals surface area contributed by atoms with Gasteiger partial charge in [0.15, 0.2) is 0 Å². The van der Waals surface area contributed by atoms with Gasteiger partial charge in [-0.3, -0.25) is 14.6 Å². The van der Waals surface area contributed by atoms with Crippen LogP contribution in [0.1, 0.15) is 35.5 Å². The van der Waals surface area contributed by atoms with Crippen LogP contribution < -0.4 is 9.64 Å². The van der Waals surface area contributed by atoms with Crippen molar-refractivity contribution in [3.8, 4) is 34.0 Å². The minimum atomic E-state index is -2.34. The summed E-state index contributed by atoms with van der Waals surface area (Å²) in [5.74, 6) is -2.91. The maximum atomic E-state index is 15.4. The summed E-state index contributed by atoms with van der Waals surface area (Å²) in [4.78, 5) is 29.9. The first-order valence-corrected chi connectivity index (χ1v) is 16.3. The molecule has 2 aliphatic heterocycles. The van der Waals surface area contributed by atoms with Gasteiger partial charge in [-0.25, -0.2) is 22.5 Å². The predicted octanol–water partition coefficient (Wildman–Crippen LogP) is 5.86. The second-order valence-electron chi connectivity index (χ2n) is 13.2. The summed E-state index contributed by atoms with van der Waals surface area (Å²) in [6, 6.07) is 12.0. The Labute approximate surface area is 284 Å². The molecule has 0 aliphatic carbocycles. The third kappa shape index (κ3) is 6.53. The molecule has 0 radical (unpaired) electrons. The summed E-state index contributed by atoms with van der Waals surface area (Å²) >= 11 is 0. The molecule has 0 bridgehead atoms. The molecule has 0 unspecified atom stereocenters. The van der Waals surface area contributed by atoms with Crippen LogP contribution in [-0.2, 0) is 12.1 Å². The molecule has 2 aromatic carbocycles. The molecule has 4 N–H and O–H groups in total. The fraction of sp³-hybridized carbons (Fsp3) is 0.333. The van der Waals surface area contributed by atoms with E-state index in [9.17, 15) is 23.8 Å². The number of hydrogen-bond donors (Lipinski definition) is 4. The number of hydrogen-bond acceptors (Lipinski definition) is 7. The second kappa shape index (κ2) is 13.1. The van der Waals surface area contributed by atoms with Gasteiger partial charge in [0.2, 0.25) is 0 Å². The molecule has 3 aromatic heterocycles. The Morgan fingerprint density at radius 3 is 2.44 bits per heavy atom. The molecule has 7 rings (SSSR count). The SMILES string of the molecule is CC(C)(O)c1cc(F)c2c(c1)OCCN(c1cc(F)cc(-c3ccnc4[nH]c(-c5ccc(CN6CCN(CC(F)F)CC6)[nH]5)cc34)c1O)C2=O. The first kappa shape index (κ1) is 33.6. The molecular formula is C36H36F4N6O4. The number of alkyl halides is 2. The van der Waals surface area contributed by atoms with Crippen molar-refractivity contribution in [3.05, 3.63) is 83.2 Å². The van der Waals surface area contributed by atoms with Crippen LogP contribution in [0, 0.1) is 11.6 Å². The number of H-pyrrole nitrogens is 2. The topological polar surface area (TPSA) is 121 Å². The Morgan fingerprint density at radius 1 is 0.940 bits per heavy atom. The molecule has 0 spiro atoms. The molecule has 0 saturated carbocycles. The first-order valence-electron chi connectivity index (χ1n) is 16.3. The van der Waals surface area contributed by atoms with Crippen molar-refractivity contribution in [2.24, 2.45) is 0 Å². The van der Waals surface area contributed by atoms with Crippen molar-refractivity contribution in [2.75, 3.05) is 50.8 Å². The average Bonchev–Trinajstić information content (AvgIpc) is 3.67. The van der Waals surface area contributed by atoms with Gasteiger partial charge in [-0.1, -0.05) is 0 Å². The van der Waals surface area contributed by atoms with Crippen LogP contribution in [-0.4, -0.2) is 93.2 Å². The fourth-order valence-electron chi connectivity index (χ4n) is 6.63. The lowest BCUT2D eigenvalue weighted by atomic mass is 9.95. The van der Waals surface area contributed by atoms with Gasteiger partial charge in [-0.05, 0) is 67.4 Å². The van der Waals surface area contributed by atoms with Gasteiger partial charge >= 0.3 is 0 Å². The zero-order valence-corrected chi connectivity index (χ0v) is 27.4. The molecule has 1 fully saturated rings. The molecule has 50 heavy (non-hydrogen) atoms. The molecular weight excluding hydrogens is 656 g/mol. The highest BCUT2D eigenvalue weighted by Crippen LogP contribution is 2.43. The Balaban J connectivity index is 1.17. The smallest absolute Gasteiger partial charge is 0.265 e. The van der Waals surface area contributed by atoms with Crippen LogP contribution >= 0.6 is 0 Å². The Bertz CT molecular complexity index is 2070. The number of anilines is 1. The highest BCUT2D eigenvalue weighted by Gasteiger charge is 2.33. The van der Waals surface area contributed by atoms with Crippen LogP contribution in [0.15, 0.2) is 54.7 Å². The second-order valence-corrected chi connectivity index (χ2v) is 13.2. The maximum Gasteiger partial charge on any atom is 0.265 e.